The standard InChI is InChI=1S/C24H33FN6O2/c1-16(2)21-15-33-24(32)31(21)22-7-8-26-23(28-22)27-17(3)18-5-6-19(20(25)13-18)14-30-11-9-29(4)10-12-30/h5-8,13,16-17,21H,9-12,14-15H2,1-4H3,(H,26,27,28)/t17-,21?/m0/s1. The van der Waals surface area contributed by atoms with Crippen molar-refractivity contribution >= 4 is 17.9 Å². The molecule has 2 aliphatic rings. The number of rotatable bonds is 7. The molecule has 1 aromatic heterocycles. The van der Waals surface area contributed by atoms with Crippen molar-refractivity contribution in [2.75, 3.05) is 50.1 Å². The Labute approximate surface area is 194 Å². The molecule has 4 rings (SSSR count). The zero-order valence-electron chi connectivity index (χ0n) is 19.8. The number of nitrogens with one attached hydrogen (secondary N) is 1. The second-order valence-corrected chi connectivity index (χ2v) is 9.29. The Hall–Kier alpha value is -2.78. The van der Waals surface area contributed by atoms with Gasteiger partial charge < -0.3 is 15.0 Å². The van der Waals surface area contributed by atoms with Crippen LogP contribution in [0.4, 0.5) is 21.0 Å². The second-order valence-electron chi connectivity index (χ2n) is 9.29. The Bertz CT molecular complexity index is 979. The lowest BCUT2D eigenvalue weighted by Crippen LogP contribution is -2.44. The molecule has 2 atom stereocenters. The minimum Gasteiger partial charge on any atom is -0.447 e. The maximum Gasteiger partial charge on any atom is 0.415 e. The van der Waals surface area contributed by atoms with Gasteiger partial charge in [0, 0.05) is 44.5 Å². The van der Waals surface area contributed by atoms with Crippen LogP contribution < -0.4 is 10.2 Å². The molecule has 1 unspecified atom stereocenters. The number of carbonyl (C=O) groups is 1. The molecule has 33 heavy (non-hydrogen) atoms. The van der Waals surface area contributed by atoms with Crippen LogP contribution in [0, 0.1) is 11.7 Å². The highest BCUT2D eigenvalue weighted by Crippen LogP contribution is 2.27. The van der Waals surface area contributed by atoms with Crippen LogP contribution in [0.1, 0.15) is 37.9 Å². The van der Waals surface area contributed by atoms with E-state index >= 15 is 0 Å². The summed E-state index contributed by atoms with van der Waals surface area (Å²) >= 11 is 0. The smallest absolute Gasteiger partial charge is 0.415 e. The first-order valence-corrected chi connectivity index (χ1v) is 11.6. The first-order chi connectivity index (χ1) is 15.8. The van der Waals surface area contributed by atoms with Gasteiger partial charge in [0.15, 0.2) is 0 Å². The third-order valence-corrected chi connectivity index (χ3v) is 6.48. The SMILES string of the molecule is CC(C)C1COC(=O)N1c1ccnc(N[C@@H](C)c2ccc(CN3CCN(C)CC3)c(F)c2)n1. The fraction of sp³-hybridized carbons (Fsp3) is 0.542. The number of carbonyl (C=O) groups excluding carboxylic acids is 1. The molecule has 9 heteroatoms. The minimum atomic E-state index is -0.399. The summed E-state index contributed by atoms with van der Waals surface area (Å²) in [7, 11) is 2.11. The van der Waals surface area contributed by atoms with Gasteiger partial charge in [0.05, 0.1) is 12.1 Å². The third-order valence-electron chi connectivity index (χ3n) is 6.48. The van der Waals surface area contributed by atoms with E-state index < -0.39 is 6.09 Å². The molecule has 0 radical (unpaired) electrons. The van der Waals surface area contributed by atoms with E-state index in [0.717, 1.165) is 31.7 Å². The minimum absolute atomic E-state index is 0.0698. The molecule has 0 aliphatic carbocycles. The van der Waals surface area contributed by atoms with Crippen molar-refractivity contribution in [2.45, 2.75) is 39.4 Å². The average Bonchev–Trinajstić information content (AvgIpc) is 3.18. The highest BCUT2D eigenvalue weighted by Gasteiger charge is 2.37. The fourth-order valence-corrected chi connectivity index (χ4v) is 4.23. The molecule has 0 saturated carbocycles. The van der Waals surface area contributed by atoms with Crippen LogP contribution in [0.15, 0.2) is 30.5 Å². The average molecular weight is 457 g/mol. The zero-order chi connectivity index (χ0) is 23.5. The topological polar surface area (TPSA) is 73.8 Å². The number of anilines is 2. The first kappa shape index (κ1) is 23.4. The number of nitrogens with zero attached hydrogens (tertiary/aromatic N) is 5. The largest absolute Gasteiger partial charge is 0.447 e. The summed E-state index contributed by atoms with van der Waals surface area (Å²) in [6.45, 7) is 10.9. The van der Waals surface area contributed by atoms with Gasteiger partial charge >= 0.3 is 6.09 Å². The second kappa shape index (κ2) is 10.0. The predicted molar refractivity (Wildman–Crippen MR) is 126 cm³/mol. The van der Waals surface area contributed by atoms with Crippen LogP contribution in [-0.4, -0.2) is 71.7 Å². The van der Waals surface area contributed by atoms with Gasteiger partial charge in [-0.25, -0.2) is 14.2 Å². The van der Waals surface area contributed by atoms with Crippen LogP contribution in [-0.2, 0) is 11.3 Å². The molecule has 1 N–H and O–H groups in total. The Morgan fingerprint density at radius 3 is 2.64 bits per heavy atom. The van der Waals surface area contributed by atoms with Gasteiger partial charge in [0.2, 0.25) is 5.95 Å². The maximum absolute atomic E-state index is 14.9. The van der Waals surface area contributed by atoms with Gasteiger partial charge in [-0.15, -0.1) is 0 Å². The molecule has 0 bridgehead atoms. The summed E-state index contributed by atoms with van der Waals surface area (Å²) in [5.74, 6) is 0.905. The van der Waals surface area contributed by atoms with Crippen LogP contribution in [0.25, 0.3) is 0 Å². The Balaban J connectivity index is 1.43. The number of piperazine rings is 1. The monoisotopic (exact) mass is 456 g/mol. The predicted octanol–water partition coefficient (Wildman–Crippen LogP) is 3.52. The summed E-state index contributed by atoms with van der Waals surface area (Å²) in [5.41, 5.74) is 1.52. The Morgan fingerprint density at radius 2 is 1.94 bits per heavy atom. The summed E-state index contributed by atoms with van der Waals surface area (Å²) in [4.78, 5) is 27.2. The molecule has 2 aromatic rings. The van der Waals surface area contributed by atoms with E-state index in [1.54, 1.807) is 23.2 Å². The number of likely N-dealkylation sites (N-methyl/N-ethyl adjacent to an activating group) is 1. The van der Waals surface area contributed by atoms with Crippen molar-refractivity contribution in [3.05, 3.63) is 47.4 Å². The molecular formula is C24H33FN6O2. The Morgan fingerprint density at radius 1 is 1.18 bits per heavy atom. The molecule has 2 saturated heterocycles. The van der Waals surface area contributed by atoms with Gasteiger partial charge in [-0.1, -0.05) is 26.0 Å². The molecule has 0 spiro atoms. The molecule has 3 heterocycles. The van der Waals surface area contributed by atoms with E-state index in [1.165, 1.54) is 0 Å². The van der Waals surface area contributed by atoms with Crippen molar-refractivity contribution < 1.29 is 13.9 Å². The summed E-state index contributed by atoms with van der Waals surface area (Å²) in [5, 5.41) is 3.23. The molecule has 2 aliphatic heterocycles. The van der Waals surface area contributed by atoms with Gasteiger partial charge in [-0.3, -0.25) is 9.80 Å². The lowest BCUT2D eigenvalue weighted by molar-refractivity contribution is 0.147. The van der Waals surface area contributed by atoms with Crippen molar-refractivity contribution in [1.82, 2.24) is 19.8 Å². The lowest BCUT2D eigenvalue weighted by atomic mass is 10.0. The quantitative estimate of drug-likeness (QED) is 0.683. The molecular weight excluding hydrogens is 423 g/mol. The zero-order valence-corrected chi connectivity index (χ0v) is 19.8. The summed E-state index contributed by atoms with van der Waals surface area (Å²) in [6.07, 6.45) is 1.21. The fourth-order valence-electron chi connectivity index (χ4n) is 4.23. The van der Waals surface area contributed by atoms with Crippen molar-refractivity contribution in [1.29, 1.82) is 0 Å². The molecule has 1 aromatic carbocycles. The lowest BCUT2D eigenvalue weighted by Gasteiger charge is -2.32. The number of amides is 1. The number of ether oxygens (including phenoxy) is 1. The number of hydrogen-bond acceptors (Lipinski definition) is 7. The highest BCUT2D eigenvalue weighted by molar-refractivity contribution is 5.89. The van der Waals surface area contributed by atoms with Crippen molar-refractivity contribution in [3.8, 4) is 0 Å². The third kappa shape index (κ3) is 5.42. The van der Waals surface area contributed by atoms with E-state index in [9.17, 15) is 9.18 Å². The van der Waals surface area contributed by atoms with Crippen LogP contribution in [0.2, 0.25) is 0 Å². The van der Waals surface area contributed by atoms with Gasteiger partial charge in [0.1, 0.15) is 18.2 Å². The van der Waals surface area contributed by atoms with Crippen molar-refractivity contribution in [2.24, 2.45) is 5.92 Å². The number of aromatic nitrogens is 2. The number of hydrogen-bond donors (Lipinski definition) is 1. The number of cyclic esters (lactones) is 1. The first-order valence-electron chi connectivity index (χ1n) is 11.6. The molecule has 178 valence electrons. The van der Waals surface area contributed by atoms with Gasteiger partial charge in [-0.2, -0.15) is 4.98 Å². The van der Waals surface area contributed by atoms with Crippen LogP contribution in [0.5, 0.6) is 0 Å². The van der Waals surface area contributed by atoms with E-state index in [1.807, 2.05) is 32.9 Å². The Kier molecular flexibility index (Phi) is 7.09. The number of halogens is 1. The number of benzene rings is 1. The van der Waals surface area contributed by atoms with E-state index in [-0.39, 0.29) is 23.8 Å². The maximum atomic E-state index is 14.9. The van der Waals surface area contributed by atoms with Gasteiger partial charge in [0.25, 0.3) is 0 Å². The van der Waals surface area contributed by atoms with Crippen LogP contribution in [0.3, 0.4) is 0 Å². The van der Waals surface area contributed by atoms with E-state index in [4.69, 9.17) is 4.74 Å². The summed E-state index contributed by atoms with van der Waals surface area (Å²) < 4.78 is 20.1. The van der Waals surface area contributed by atoms with Gasteiger partial charge in [-0.05, 0) is 37.6 Å². The molecule has 1 amide bonds. The molecule has 2 fully saturated rings. The van der Waals surface area contributed by atoms with Crippen LogP contribution >= 0.6 is 0 Å². The van der Waals surface area contributed by atoms with Crippen molar-refractivity contribution in [3.63, 3.8) is 0 Å². The molecule has 8 nitrogen and oxygen atoms in total. The van der Waals surface area contributed by atoms with E-state index in [2.05, 4.69) is 32.1 Å². The normalized spacial score (nSPS) is 20.8. The summed E-state index contributed by atoms with van der Waals surface area (Å²) in [6, 6.07) is 6.82. The highest BCUT2D eigenvalue weighted by atomic mass is 19.1. The van der Waals surface area contributed by atoms with E-state index in [0.29, 0.717) is 30.5 Å².